The van der Waals surface area contributed by atoms with E-state index in [0.29, 0.717) is 18.3 Å². The molecule has 0 fully saturated rings. The number of rotatable bonds is 6. The molecule has 0 saturated heterocycles. The second-order valence-corrected chi connectivity index (χ2v) is 8.58. The third-order valence-corrected chi connectivity index (χ3v) is 6.46. The Balaban J connectivity index is 1.81. The molecule has 0 saturated carbocycles. The van der Waals surface area contributed by atoms with Crippen LogP contribution in [0.3, 0.4) is 0 Å². The molecule has 0 spiro atoms. The zero-order valence-electron chi connectivity index (χ0n) is 17.7. The lowest BCUT2D eigenvalue weighted by molar-refractivity contribution is 0.204. The van der Waals surface area contributed by atoms with E-state index >= 15 is 0 Å². The molecule has 7 heteroatoms. The summed E-state index contributed by atoms with van der Waals surface area (Å²) < 4.78 is 5.70. The average Bonchev–Trinajstić information content (AvgIpc) is 3.41. The van der Waals surface area contributed by atoms with Gasteiger partial charge < -0.3 is 9.84 Å². The number of nitrogens with one attached hydrogen (secondary N) is 1. The topological polar surface area (TPSA) is 71.3 Å². The minimum Gasteiger partial charge on any atom is -0.334 e. The monoisotopic (exact) mass is 422 g/mol. The number of nitrogens with zero attached hydrogens (tertiary/aromatic N) is 3. The summed E-state index contributed by atoms with van der Waals surface area (Å²) in [6.07, 6.45) is 1.94. The summed E-state index contributed by atoms with van der Waals surface area (Å²) in [6, 6.07) is 9.75. The molecule has 1 unspecified atom stereocenters. The number of allylic oxidation sites excluding steroid dienone is 1. The molecule has 0 bridgehead atoms. The van der Waals surface area contributed by atoms with E-state index in [9.17, 15) is 4.79 Å². The third-order valence-electron chi connectivity index (χ3n) is 5.59. The molecule has 156 valence electrons. The highest BCUT2D eigenvalue weighted by Crippen LogP contribution is 2.38. The molecule has 1 aliphatic heterocycles. The lowest BCUT2D eigenvalue weighted by Crippen LogP contribution is -2.46. The summed E-state index contributed by atoms with van der Waals surface area (Å²) in [7, 11) is 0. The third kappa shape index (κ3) is 3.77. The summed E-state index contributed by atoms with van der Waals surface area (Å²) in [6.45, 7) is 8.90. The number of amides is 2. The number of carbonyl (C=O) groups is 1. The maximum Gasteiger partial charge on any atom is 0.322 e. The van der Waals surface area contributed by atoms with Crippen molar-refractivity contribution in [1.29, 1.82) is 0 Å². The number of hydrogen-bond donors (Lipinski definition) is 1. The van der Waals surface area contributed by atoms with Gasteiger partial charge in [0.05, 0.1) is 16.5 Å². The number of thiophene rings is 1. The highest BCUT2D eigenvalue weighted by molar-refractivity contribution is 7.13. The van der Waals surface area contributed by atoms with Crippen LogP contribution in [-0.2, 0) is 0 Å². The van der Waals surface area contributed by atoms with Crippen LogP contribution in [0.25, 0.3) is 16.3 Å². The summed E-state index contributed by atoms with van der Waals surface area (Å²) in [4.78, 5) is 20.3. The van der Waals surface area contributed by atoms with Gasteiger partial charge in [-0.3, -0.25) is 4.90 Å². The SMILES string of the molecule is CCCCN1C(=O)NC(c2ccc(C)c(C)c2)C(c2nc(-c3cccs3)no2)=C1C. The quantitative estimate of drug-likeness (QED) is 0.552. The first kappa shape index (κ1) is 20.3. The molecule has 1 N–H and O–H groups in total. The minimum atomic E-state index is -0.341. The number of urea groups is 1. The standard InChI is InChI=1S/C23H26N4O2S/c1-5-6-11-27-16(4)19(22-25-21(26-29-22)18-8-7-12-30-18)20(24-23(27)28)17-10-9-14(2)15(3)13-17/h7-10,12-13,20H,5-6,11H2,1-4H3,(H,24,28). The van der Waals surface area contributed by atoms with Gasteiger partial charge in [0.25, 0.3) is 5.89 Å². The minimum absolute atomic E-state index is 0.0917. The van der Waals surface area contributed by atoms with Crippen LogP contribution in [0.4, 0.5) is 4.79 Å². The molecular formula is C23H26N4O2S. The Kier molecular flexibility index (Phi) is 5.72. The maximum absolute atomic E-state index is 12.9. The van der Waals surface area contributed by atoms with Gasteiger partial charge in [0.1, 0.15) is 0 Å². The van der Waals surface area contributed by atoms with Gasteiger partial charge in [0.2, 0.25) is 5.82 Å². The molecule has 0 aliphatic carbocycles. The van der Waals surface area contributed by atoms with Crippen LogP contribution in [0, 0.1) is 13.8 Å². The average molecular weight is 423 g/mol. The van der Waals surface area contributed by atoms with Crippen molar-refractivity contribution in [1.82, 2.24) is 20.4 Å². The lowest BCUT2D eigenvalue weighted by atomic mass is 9.92. The van der Waals surface area contributed by atoms with E-state index in [1.54, 1.807) is 16.2 Å². The van der Waals surface area contributed by atoms with Crippen molar-refractivity contribution in [3.8, 4) is 10.7 Å². The van der Waals surface area contributed by atoms with Gasteiger partial charge in [-0.2, -0.15) is 4.98 Å². The summed E-state index contributed by atoms with van der Waals surface area (Å²) in [5.74, 6) is 1.01. The van der Waals surface area contributed by atoms with E-state index in [4.69, 9.17) is 4.52 Å². The number of aryl methyl sites for hydroxylation is 2. The number of hydrogen-bond acceptors (Lipinski definition) is 5. The Labute approximate surface area is 180 Å². The van der Waals surface area contributed by atoms with Crippen LogP contribution in [0.1, 0.15) is 55.3 Å². The van der Waals surface area contributed by atoms with Crippen molar-refractivity contribution >= 4 is 22.9 Å². The largest absolute Gasteiger partial charge is 0.334 e. The Hall–Kier alpha value is -2.93. The zero-order valence-corrected chi connectivity index (χ0v) is 18.5. The van der Waals surface area contributed by atoms with Gasteiger partial charge in [0, 0.05) is 12.2 Å². The predicted octanol–water partition coefficient (Wildman–Crippen LogP) is 5.71. The van der Waals surface area contributed by atoms with Gasteiger partial charge in [-0.25, -0.2) is 4.79 Å². The van der Waals surface area contributed by atoms with Gasteiger partial charge >= 0.3 is 6.03 Å². The second kappa shape index (κ2) is 8.44. The number of aromatic nitrogens is 2. The fourth-order valence-corrected chi connectivity index (χ4v) is 4.33. The Morgan fingerprint density at radius 3 is 2.73 bits per heavy atom. The van der Waals surface area contributed by atoms with E-state index in [0.717, 1.165) is 34.6 Å². The molecule has 4 rings (SSSR count). The van der Waals surface area contributed by atoms with E-state index in [1.807, 2.05) is 24.4 Å². The zero-order chi connectivity index (χ0) is 21.3. The number of benzene rings is 1. The first-order valence-electron chi connectivity index (χ1n) is 10.2. The maximum atomic E-state index is 12.9. The van der Waals surface area contributed by atoms with Crippen LogP contribution >= 0.6 is 11.3 Å². The van der Waals surface area contributed by atoms with Crippen LogP contribution < -0.4 is 5.32 Å². The highest BCUT2D eigenvalue weighted by atomic mass is 32.1. The van der Waals surface area contributed by atoms with E-state index in [-0.39, 0.29) is 12.1 Å². The molecule has 30 heavy (non-hydrogen) atoms. The summed E-state index contributed by atoms with van der Waals surface area (Å²) >= 11 is 1.57. The summed E-state index contributed by atoms with van der Waals surface area (Å²) in [5.41, 5.74) is 5.11. The fourth-order valence-electron chi connectivity index (χ4n) is 3.68. The van der Waals surface area contributed by atoms with Gasteiger partial charge in [-0.05, 0) is 55.3 Å². The van der Waals surface area contributed by atoms with E-state index in [1.165, 1.54) is 11.1 Å². The fraction of sp³-hybridized carbons (Fsp3) is 0.348. The van der Waals surface area contributed by atoms with Gasteiger partial charge in [-0.1, -0.05) is 42.8 Å². The van der Waals surface area contributed by atoms with Crippen molar-refractivity contribution in [2.45, 2.75) is 46.6 Å². The lowest BCUT2D eigenvalue weighted by Gasteiger charge is -2.35. The Morgan fingerprint density at radius 2 is 2.03 bits per heavy atom. The van der Waals surface area contributed by atoms with Crippen LogP contribution in [0.15, 0.2) is 45.9 Å². The molecule has 2 amide bonds. The van der Waals surface area contributed by atoms with E-state index in [2.05, 4.69) is 54.4 Å². The highest BCUT2D eigenvalue weighted by Gasteiger charge is 2.35. The molecule has 2 aromatic heterocycles. The molecule has 0 radical (unpaired) electrons. The smallest absolute Gasteiger partial charge is 0.322 e. The first-order chi connectivity index (χ1) is 14.5. The normalized spacial score (nSPS) is 16.9. The Morgan fingerprint density at radius 1 is 1.20 bits per heavy atom. The first-order valence-corrected chi connectivity index (χ1v) is 11.1. The molecule has 3 heterocycles. The molecule has 1 aliphatic rings. The number of carbonyl (C=O) groups excluding carboxylic acids is 1. The van der Waals surface area contributed by atoms with Gasteiger partial charge in [0.15, 0.2) is 0 Å². The van der Waals surface area contributed by atoms with Crippen molar-refractivity contribution < 1.29 is 9.32 Å². The van der Waals surface area contributed by atoms with E-state index < -0.39 is 0 Å². The van der Waals surface area contributed by atoms with Crippen LogP contribution in [-0.4, -0.2) is 27.6 Å². The second-order valence-electron chi connectivity index (χ2n) is 7.63. The van der Waals surface area contributed by atoms with Crippen molar-refractivity contribution in [2.75, 3.05) is 6.54 Å². The van der Waals surface area contributed by atoms with Crippen molar-refractivity contribution in [3.63, 3.8) is 0 Å². The van der Waals surface area contributed by atoms with Crippen LogP contribution in [0.2, 0.25) is 0 Å². The van der Waals surface area contributed by atoms with Crippen molar-refractivity contribution in [3.05, 3.63) is 64.0 Å². The summed E-state index contributed by atoms with van der Waals surface area (Å²) in [5, 5.41) is 9.35. The number of unbranched alkanes of at least 4 members (excludes halogenated alkanes) is 1. The molecule has 1 aromatic carbocycles. The molecule has 3 aromatic rings. The Bertz CT molecular complexity index is 1080. The predicted molar refractivity (Wildman–Crippen MR) is 119 cm³/mol. The molecule has 6 nitrogen and oxygen atoms in total. The molecular weight excluding hydrogens is 396 g/mol. The molecule has 1 atom stereocenters. The van der Waals surface area contributed by atoms with Crippen LogP contribution in [0.5, 0.6) is 0 Å². The van der Waals surface area contributed by atoms with Gasteiger partial charge in [-0.15, -0.1) is 11.3 Å². The van der Waals surface area contributed by atoms with Crippen molar-refractivity contribution in [2.24, 2.45) is 0 Å².